The van der Waals surface area contributed by atoms with Gasteiger partial charge in [-0.3, -0.25) is 19.6 Å². The Bertz CT molecular complexity index is 1120. The van der Waals surface area contributed by atoms with Crippen molar-refractivity contribution in [1.29, 1.82) is 0 Å². The summed E-state index contributed by atoms with van der Waals surface area (Å²) in [5, 5.41) is 2.98. The van der Waals surface area contributed by atoms with Crippen LogP contribution in [0.3, 0.4) is 0 Å². The third-order valence-corrected chi connectivity index (χ3v) is 6.87. The molecule has 1 aromatic heterocycles. The number of halogens is 3. The van der Waals surface area contributed by atoms with Crippen LogP contribution in [0.2, 0.25) is 0 Å². The summed E-state index contributed by atoms with van der Waals surface area (Å²) >= 11 is 0. The predicted octanol–water partition coefficient (Wildman–Crippen LogP) is 4.47. The van der Waals surface area contributed by atoms with Crippen LogP contribution in [0.1, 0.15) is 66.7 Å². The van der Waals surface area contributed by atoms with Gasteiger partial charge >= 0.3 is 6.18 Å². The van der Waals surface area contributed by atoms with Gasteiger partial charge in [0.25, 0.3) is 5.91 Å². The molecule has 2 heterocycles. The van der Waals surface area contributed by atoms with Gasteiger partial charge in [-0.05, 0) is 43.5 Å². The summed E-state index contributed by atoms with van der Waals surface area (Å²) in [7, 11) is 0. The van der Waals surface area contributed by atoms with Crippen LogP contribution in [0.5, 0.6) is 0 Å². The van der Waals surface area contributed by atoms with Gasteiger partial charge in [0.1, 0.15) is 5.54 Å². The number of piperazine rings is 1. The molecular formula is C27H32F3N5O2. The molecule has 37 heavy (non-hydrogen) atoms. The molecule has 7 nitrogen and oxygen atoms in total. The van der Waals surface area contributed by atoms with Crippen LogP contribution < -0.4 is 5.32 Å². The number of carbonyl (C=O) groups is 2. The highest BCUT2D eigenvalue weighted by atomic mass is 19.4. The SMILES string of the molecule is CCCCCNC(=O)C1(N=CN2CCN(C(=O)c3ccccc3C(F)(F)F)CC2c2ccccn2)CC1. The van der Waals surface area contributed by atoms with Crippen molar-refractivity contribution >= 4 is 18.2 Å². The van der Waals surface area contributed by atoms with E-state index < -0.39 is 29.2 Å². The summed E-state index contributed by atoms with van der Waals surface area (Å²) in [5.41, 5.74) is -1.41. The Kier molecular flexibility index (Phi) is 8.14. The molecule has 198 valence electrons. The van der Waals surface area contributed by atoms with E-state index in [1.165, 1.54) is 23.1 Å². The Morgan fingerprint density at radius 2 is 1.89 bits per heavy atom. The number of aliphatic imine (C=N–C) groups is 1. The van der Waals surface area contributed by atoms with Gasteiger partial charge in [0.2, 0.25) is 5.91 Å². The van der Waals surface area contributed by atoms with Crippen molar-refractivity contribution < 1.29 is 22.8 Å². The van der Waals surface area contributed by atoms with Gasteiger partial charge in [0.05, 0.1) is 29.2 Å². The quantitative estimate of drug-likeness (QED) is 0.304. The maximum Gasteiger partial charge on any atom is 0.417 e. The van der Waals surface area contributed by atoms with E-state index in [4.69, 9.17) is 0 Å². The fraction of sp³-hybridized carbons (Fsp3) is 0.481. The highest BCUT2D eigenvalue weighted by Crippen LogP contribution is 2.40. The minimum atomic E-state index is -4.63. The first-order valence-corrected chi connectivity index (χ1v) is 12.7. The van der Waals surface area contributed by atoms with Gasteiger partial charge in [0.15, 0.2) is 0 Å². The molecule has 4 rings (SSSR count). The van der Waals surface area contributed by atoms with E-state index in [0.29, 0.717) is 31.6 Å². The maximum atomic E-state index is 13.5. The first-order chi connectivity index (χ1) is 17.7. The molecule has 1 aromatic carbocycles. The lowest BCUT2D eigenvalue weighted by molar-refractivity contribution is -0.138. The molecule has 1 saturated carbocycles. The third-order valence-electron chi connectivity index (χ3n) is 6.87. The number of nitrogens with zero attached hydrogens (tertiary/aromatic N) is 4. The van der Waals surface area contributed by atoms with Crippen molar-refractivity contribution in [1.82, 2.24) is 20.1 Å². The molecule has 0 spiro atoms. The molecule has 10 heteroatoms. The van der Waals surface area contributed by atoms with E-state index >= 15 is 0 Å². The lowest BCUT2D eigenvalue weighted by Gasteiger charge is -2.40. The van der Waals surface area contributed by atoms with Gasteiger partial charge in [0, 0.05) is 32.4 Å². The van der Waals surface area contributed by atoms with Crippen molar-refractivity contribution in [3.05, 3.63) is 65.5 Å². The zero-order valence-electron chi connectivity index (χ0n) is 20.9. The van der Waals surface area contributed by atoms with E-state index in [1.807, 2.05) is 17.0 Å². The number of unbranched alkanes of at least 4 members (excludes halogenated alkanes) is 2. The zero-order chi connectivity index (χ0) is 26.5. The fourth-order valence-electron chi connectivity index (χ4n) is 4.50. The number of amides is 2. The minimum Gasteiger partial charge on any atom is -0.354 e. The van der Waals surface area contributed by atoms with Crippen LogP contribution in [0.25, 0.3) is 0 Å². The number of alkyl halides is 3. The molecule has 1 atom stereocenters. The Morgan fingerprint density at radius 1 is 1.14 bits per heavy atom. The zero-order valence-corrected chi connectivity index (χ0v) is 20.9. The molecule has 1 N–H and O–H groups in total. The molecule has 0 bridgehead atoms. The minimum absolute atomic E-state index is 0.0770. The highest BCUT2D eigenvalue weighted by molar-refractivity contribution is 5.96. The number of hydrogen-bond donors (Lipinski definition) is 1. The summed E-state index contributed by atoms with van der Waals surface area (Å²) in [6.45, 7) is 3.44. The molecule has 1 unspecified atom stereocenters. The standard InChI is InChI=1S/C27H32F3N5O2/c1-2-3-7-15-32-25(37)26(12-13-26)33-19-35-17-16-34(18-23(35)22-11-6-8-14-31-22)24(36)20-9-4-5-10-21(20)27(28,29)30/h4-6,8-11,14,19,23H,2-3,7,12-13,15-18H2,1H3,(H,32,37). The largest absolute Gasteiger partial charge is 0.417 e. The van der Waals surface area contributed by atoms with E-state index in [0.717, 1.165) is 25.3 Å². The number of carbonyl (C=O) groups excluding carboxylic acids is 2. The number of benzene rings is 1. The van der Waals surface area contributed by atoms with Crippen LogP contribution in [0.15, 0.2) is 53.7 Å². The van der Waals surface area contributed by atoms with Crippen LogP contribution in [-0.4, -0.2) is 64.7 Å². The molecule has 2 aliphatic rings. The number of pyridine rings is 1. The fourth-order valence-corrected chi connectivity index (χ4v) is 4.50. The lowest BCUT2D eigenvalue weighted by atomic mass is 10.0. The summed E-state index contributed by atoms with van der Waals surface area (Å²) in [6, 6.07) is 9.85. The Balaban J connectivity index is 1.51. The van der Waals surface area contributed by atoms with Crippen LogP contribution in [-0.2, 0) is 11.0 Å². The van der Waals surface area contributed by atoms with Crippen molar-refractivity contribution in [2.75, 3.05) is 26.2 Å². The van der Waals surface area contributed by atoms with Crippen molar-refractivity contribution in [3.63, 3.8) is 0 Å². The molecule has 1 saturated heterocycles. The second-order valence-electron chi connectivity index (χ2n) is 9.54. The van der Waals surface area contributed by atoms with Gasteiger partial charge in [-0.25, -0.2) is 0 Å². The summed E-state index contributed by atoms with van der Waals surface area (Å²) < 4.78 is 40.6. The molecular weight excluding hydrogens is 483 g/mol. The monoisotopic (exact) mass is 515 g/mol. The summed E-state index contributed by atoms with van der Waals surface area (Å²) in [4.78, 5) is 38.4. The normalized spacial score (nSPS) is 19.2. The van der Waals surface area contributed by atoms with Gasteiger partial charge < -0.3 is 15.1 Å². The molecule has 1 aliphatic heterocycles. The molecule has 0 radical (unpaired) electrons. The first kappa shape index (κ1) is 26.6. The van der Waals surface area contributed by atoms with E-state index in [1.54, 1.807) is 18.6 Å². The smallest absolute Gasteiger partial charge is 0.354 e. The average molecular weight is 516 g/mol. The van der Waals surface area contributed by atoms with Gasteiger partial charge in [-0.2, -0.15) is 13.2 Å². The molecule has 1 aliphatic carbocycles. The number of hydrogen-bond acceptors (Lipinski definition) is 4. The Hall–Kier alpha value is -3.43. The topological polar surface area (TPSA) is 77.9 Å². The Labute approximate surface area is 214 Å². The third kappa shape index (κ3) is 6.29. The van der Waals surface area contributed by atoms with Gasteiger partial charge in [-0.15, -0.1) is 0 Å². The highest BCUT2D eigenvalue weighted by Gasteiger charge is 2.50. The van der Waals surface area contributed by atoms with E-state index in [-0.39, 0.29) is 24.6 Å². The average Bonchev–Trinajstić information content (AvgIpc) is 3.70. The summed E-state index contributed by atoms with van der Waals surface area (Å²) in [6.07, 6.45) is 3.06. The maximum absolute atomic E-state index is 13.5. The molecule has 2 fully saturated rings. The second kappa shape index (κ2) is 11.3. The molecule has 2 amide bonds. The van der Waals surface area contributed by atoms with Crippen molar-refractivity contribution in [3.8, 4) is 0 Å². The number of rotatable bonds is 9. The lowest BCUT2D eigenvalue weighted by Crippen LogP contribution is -2.50. The van der Waals surface area contributed by atoms with Crippen LogP contribution in [0.4, 0.5) is 13.2 Å². The molecule has 2 aromatic rings. The van der Waals surface area contributed by atoms with Crippen molar-refractivity contribution in [2.24, 2.45) is 4.99 Å². The van der Waals surface area contributed by atoms with Crippen LogP contribution in [0, 0.1) is 0 Å². The second-order valence-corrected chi connectivity index (χ2v) is 9.54. The van der Waals surface area contributed by atoms with Gasteiger partial charge in [-0.1, -0.05) is 38.0 Å². The Morgan fingerprint density at radius 3 is 2.57 bits per heavy atom. The van der Waals surface area contributed by atoms with Crippen LogP contribution >= 0.6 is 0 Å². The number of aromatic nitrogens is 1. The summed E-state index contributed by atoms with van der Waals surface area (Å²) in [5.74, 6) is -0.748. The van der Waals surface area contributed by atoms with E-state index in [9.17, 15) is 22.8 Å². The number of nitrogens with one attached hydrogen (secondary N) is 1. The predicted molar refractivity (Wildman–Crippen MR) is 134 cm³/mol. The first-order valence-electron chi connectivity index (χ1n) is 12.7. The van der Waals surface area contributed by atoms with E-state index in [2.05, 4.69) is 22.2 Å². The van der Waals surface area contributed by atoms with Crippen molar-refractivity contribution in [2.45, 2.75) is 56.8 Å².